The summed E-state index contributed by atoms with van der Waals surface area (Å²) in [6.07, 6.45) is 0. The van der Waals surface area contributed by atoms with Crippen LogP contribution in [-0.2, 0) is 4.74 Å². The Bertz CT molecular complexity index is 135. The third kappa shape index (κ3) is 4.58. The summed E-state index contributed by atoms with van der Waals surface area (Å²) in [7, 11) is 0. The number of thiol groups is 1. The van der Waals surface area contributed by atoms with E-state index >= 15 is 0 Å². The van der Waals surface area contributed by atoms with E-state index in [1.54, 1.807) is 0 Å². The van der Waals surface area contributed by atoms with Gasteiger partial charge in [-0.05, 0) is 6.92 Å². The number of nitrogens with zero attached hydrogens (tertiary/aromatic N) is 1. The Labute approximate surface area is 90.8 Å². The van der Waals surface area contributed by atoms with Crippen LogP contribution in [0.3, 0.4) is 0 Å². The molecule has 1 atom stereocenters. The number of thioether (sulfide) groups is 1. The summed E-state index contributed by atoms with van der Waals surface area (Å²) >= 11 is 6.15. The van der Waals surface area contributed by atoms with Crippen molar-refractivity contribution in [3.05, 3.63) is 0 Å². The summed E-state index contributed by atoms with van der Waals surface area (Å²) in [5.41, 5.74) is 0. The fourth-order valence-corrected chi connectivity index (χ4v) is 2.65. The summed E-state index contributed by atoms with van der Waals surface area (Å²) in [5.74, 6) is 3.37. The summed E-state index contributed by atoms with van der Waals surface area (Å²) < 4.78 is 5.41. The Morgan fingerprint density at radius 2 is 2.38 bits per heavy atom. The second-order valence-electron chi connectivity index (χ2n) is 3.30. The number of ether oxygens (including phenoxy) is 1. The van der Waals surface area contributed by atoms with Gasteiger partial charge in [0.05, 0.1) is 13.2 Å². The number of hydrogen-bond donors (Lipinski definition) is 1. The lowest BCUT2D eigenvalue weighted by Gasteiger charge is -2.32. The Hall–Kier alpha value is 0.620. The molecular weight excluding hydrogens is 202 g/mol. The van der Waals surface area contributed by atoms with Crippen molar-refractivity contribution in [1.29, 1.82) is 0 Å². The minimum absolute atomic E-state index is 0.721. The Morgan fingerprint density at radius 1 is 1.54 bits per heavy atom. The van der Waals surface area contributed by atoms with E-state index in [0.717, 1.165) is 31.6 Å². The molecule has 4 heteroatoms. The largest absolute Gasteiger partial charge is 0.379 e. The van der Waals surface area contributed by atoms with Crippen LogP contribution < -0.4 is 0 Å². The highest BCUT2D eigenvalue weighted by Gasteiger charge is 2.17. The predicted octanol–water partition coefficient (Wildman–Crippen LogP) is 1.37. The summed E-state index contributed by atoms with van der Waals surface area (Å²) in [5, 5.41) is 0. The fourth-order valence-electron chi connectivity index (χ4n) is 1.44. The summed E-state index contributed by atoms with van der Waals surface area (Å²) in [6, 6.07) is 0.721. The maximum absolute atomic E-state index is 5.41. The van der Waals surface area contributed by atoms with Gasteiger partial charge in [-0.3, -0.25) is 4.90 Å². The molecule has 1 saturated heterocycles. The highest BCUT2D eigenvalue weighted by molar-refractivity contribution is 7.99. The van der Waals surface area contributed by atoms with E-state index in [4.69, 9.17) is 4.74 Å². The second-order valence-corrected chi connectivity index (χ2v) is 4.89. The van der Waals surface area contributed by atoms with Crippen molar-refractivity contribution >= 4 is 24.4 Å². The molecule has 78 valence electrons. The van der Waals surface area contributed by atoms with Crippen molar-refractivity contribution in [2.24, 2.45) is 0 Å². The van der Waals surface area contributed by atoms with Gasteiger partial charge in [0.25, 0.3) is 0 Å². The van der Waals surface area contributed by atoms with Gasteiger partial charge in [-0.25, -0.2) is 0 Å². The van der Waals surface area contributed by atoms with Crippen molar-refractivity contribution in [3.8, 4) is 0 Å². The molecule has 0 N–H and O–H groups in total. The van der Waals surface area contributed by atoms with Gasteiger partial charge in [-0.2, -0.15) is 24.4 Å². The van der Waals surface area contributed by atoms with Gasteiger partial charge in [-0.1, -0.05) is 0 Å². The maximum Gasteiger partial charge on any atom is 0.0593 e. The normalized spacial score (nSPS) is 24.9. The zero-order valence-electron chi connectivity index (χ0n) is 8.24. The van der Waals surface area contributed by atoms with Crippen LogP contribution in [0.15, 0.2) is 0 Å². The van der Waals surface area contributed by atoms with E-state index in [1.165, 1.54) is 18.1 Å². The van der Waals surface area contributed by atoms with Crippen molar-refractivity contribution in [3.63, 3.8) is 0 Å². The molecule has 1 aliphatic rings. The van der Waals surface area contributed by atoms with Gasteiger partial charge >= 0.3 is 0 Å². The van der Waals surface area contributed by atoms with Crippen LogP contribution in [0.2, 0.25) is 0 Å². The van der Waals surface area contributed by atoms with E-state index in [-0.39, 0.29) is 0 Å². The van der Waals surface area contributed by atoms with Crippen LogP contribution in [0.5, 0.6) is 0 Å². The average molecular weight is 221 g/mol. The van der Waals surface area contributed by atoms with E-state index < -0.39 is 0 Å². The minimum Gasteiger partial charge on any atom is -0.379 e. The minimum atomic E-state index is 0.721. The fraction of sp³-hybridized carbons (Fsp3) is 1.00. The molecule has 0 radical (unpaired) electrons. The third-order valence-corrected chi connectivity index (χ3v) is 3.64. The predicted molar refractivity (Wildman–Crippen MR) is 63.0 cm³/mol. The van der Waals surface area contributed by atoms with Gasteiger partial charge in [0.1, 0.15) is 0 Å². The molecule has 13 heavy (non-hydrogen) atoms. The van der Waals surface area contributed by atoms with Gasteiger partial charge in [-0.15, -0.1) is 0 Å². The molecule has 1 fully saturated rings. The van der Waals surface area contributed by atoms with Crippen molar-refractivity contribution < 1.29 is 4.74 Å². The summed E-state index contributed by atoms with van der Waals surface area (Å²) in [4.78, 5) is 2.51. The standard InChI is InChI=1S/C9H19NOS2/c1-9-8-13-7-3-10(9)2-4-11-5-6-12/h9,12H,2-8H2,1H3. The van der Waals surface area contributed by atoms with E-state index in [1.807, 2.05) is 0 Å². The quantitative estimate of drug-likeness (QED) is 0.556. The zero-order chi connectivity index (χ0) is 9.52. The Morgan fingerprint density at radius 3 is 3.08 bits per heavy atom. The first kappa shape index (κ1) is 11.7. The van der Waals surface area contributed by atoms with Crippen LogP contribution in [-0.4, -0.2) is 54.5 Å². The molecule has 0 aromatic rings. The maximum atomic E-state index is 5.41. The van der Waals surface area contributed by atoms with Gasteiger partial charge < -0.3 is 4.74 Å². The lowest BCUT2D eigenvalue weighted by molar-refractivity contribution is 0.105. The van der Waals surface area contributed by atoms with Crippen LogP contribution in [0.4, 0.5) is 0 Å². The summed E-state index contributed by atoms with van der Waals surface area (Å²) in [6.45, 7) is 6.23. The van der Waals surface area contributed by atoms with Crippen LogP contribution in [0, 0.1) is 0 Å². The van der Waals surface area contributed by atoms with Crippen LogP contribution in [0.1, 0.15) is 6.92 Å². The van der Waals surface area contributed by atoms with Crippen LogP contribution in [0.25, 0.3) is 0 Å². The smallest absolute Gasteiger partial charge is 0.0593 e. The number of hydrogen-bond acceptors (Lipinski definition) is 4. The van der Waals surface area contributed by atoms with Crippen molar-refractivity contribution in [1.82, 2.24) is 4.90 Å². The SMILES string of the molecule is CC1CSCCN1CCOCCS. The molecule has 0 aromatic heterocycles. The first-order chi connectivity index (χ1) is 6.34. The van der Waals surface area contributed by atoms with Crippen LogP contribution >= 0.6 is 24.4 Å². The molecule has 0 saturated carbocycles. The first-order valence-electron chi connectivity index (χ1n) is 4.85. The molecule has 1 aliphatic heterocycles. The number of rotatable bonds is 5. The zero-order valence-corrected chi connectivity index (χ0v) is 9.95. The van der Waals surface area contributed by atoms with E-state index in [9.17, 15) is 0 Å². The molecule has 0 spiro atoms. The first-order valence-corrected chi connectivity index (χ1v) is 6.63. The average Bonchev–Trinajstić information content (AvgIpc) is 2.15. The molecule has 0 aliphatic carbocycles. The van der Waals surface area contributed by atoms with Gasteiger partial charge in [0.2, 0.25) is 0 Å². The topological polar surface area (TPSA) is 12.5 Å². The van der Waals surface area contributed by atoms with E-state index in [2.05, 4.69) is 36.2 Å². The lowest BCUT2D eigenvalue weighted by atomic mass is 10.3. The monoisotopic (exact) mass is 221 g/mol. The van der Waals surface area contributed by atoms with Gasteiger partial charge in [0, 0.05) is 36.4 Å². The van der Waals surface area contributed by atoms with Crippen molar-refractivity contribution in [2.45, 2.75) is 13.0 Å². The molecule has 0 amide bonds. The van der Waals surface area contributed by atoms with E-state index in [0.29, 0.717) is 0 Å². The highest BCUT2D eigenvalue weighted by atomic mass is 32.2. The highest BCUT2D eigenvalue weighted by Crippen LogP contribution is 2.15. The second kappa shape index (κ2) is 6.98. The molecule has 0 bridgehead atoms. The molecule has 2 nitrogen and oxygen atoms in total. The lowest BCUT2D eigenvalue weighted by Crippen LogP contribution is -2.42. The molecule has 0 aromatic carbocycles. The van der Waals surface area contributed by atoms with Crippen molar-refractivity contribution in [2.75, 3.05) is 43.6 Å². The van der Waals surface area contributed by atoms with Gasteiger partial charge in [0.15, 0.2) is 0 Å². The molecule has 1 unspecified atom stereocenters. The Balaban J connectivity index is 2.05. The molecule has 1 rings (SSSR count). The molecule has 1 heterocycles. The third-order valence-electron chi connectivity index (χ3n) is 2.26. The molecular formula is C9H19NOS2. The Kier molecular flexibility index (Phi) is 6.28.